The Labute approximate surface area is 169 Å². The average molecular weight is 444 g/mol. The molecule has 0 fully saturated rings. The van der Waals surface area contributed by atoms with Crippen LogP contribution in [0.1, 0.15) is 16.1 Å². The highest BCUT2D eigenvalue weighted by molar-refractivity contribution is 9.10. The Bertz CT molecular complexity index is 1030. The molecule has 0 aliphatic carbocycles. The maximum Gasteiger partial charge on any atom is 0.325 e. The number of aromatic amines is 1. The Kier molecular flexibility index (Phi) is 6.10. The molecule has 0 unspecified atom stereocenters. The van der Waals surface area contributed by atoms with Crippen LogP contribution in [-0.2, 0) is 20.7 Å². The lowest BCUT2D eigenvalue weighted by Gasteiger charge is -2.06. The molecule has 3 N–H and O–H groups in total. The Morgan fingerprint density at radius 1 is 1.07 bits per heavy atom. The van der Waals surface area contributed by atoms with Gasteiger partial charge in [0.25, 0.3) is 5.91 Å². The molecule has 0 saturated heterocycles. The van der Waals surface area contributed by atoms with Crippen LogP contribution in [0.15, 0.2) is 53.0 Å². The van der Waals surface area contributed by atoms with Crippen molar-refractivity contribution in [2.24, 2.45) is 0 Å². The second-order valence-corrected chi connectivity index (χ2v) is 7.01. The number of carbonyl (C=O) groups excluding carboxylic acids is 3. The molecule has 28 heavy (non-hydrogen) atoms. The number of hydrogen-bond acceptors (Lipinski definition) is 4. The summed E-state index contributed by atoms with van der Waals surface area (Å²) in [6.07, 6.45) is 0.127. The predicted molar refractivity (Wildman–Crippen MR) is 109 cm³/mol. The van der Waals surface area contributed by atoms with E-state index in [1.165, 1.54) is 7.11 Å². The van der Waals surface area contributed by atoms with Gasteiger partial charge >= 0.3 is 5.97 Å². The molecular formula is C20H18BrN3O4. The van der Waals surface area contributed by atoms with E-state index >= 15 is 0 Å². The van der Waals surface area contributed by atoms with Crippen molar-refractivity contribution < 1.29 is 19.1 Å². The van der Waals surface area contributed by atoms with Gasteiger partial charge in [0.1, 0.15) is 12.2 Å². The molecule has 0 saturated carbocycles. The van der Waals surface area contributed by atoms with Crippen LogP contribution in [0.5, 0.6) is 0 Å². The molecule has 0 bridgehead atoms. The van der Waals surface area contributed by atoms with E-state index in [2.05, 4.69) is 36.3 Å². The van der Waals surface area contributed by atoms with E-state index in [-0.39, 0.29) is 24.8 Å². The molecule has 2 aromatic carbocycles. The van der Waals surface area contributed by atoms with Crippen LogP contribution in [0.3, 0.4) is 0 Å². The minimum absolute atomic E-state index is 0.127. The topological polar surface area (TPSA) is 100 Å². The van der Waals surface area contributed by atoms with E-state index in [9.17, 15) is 14.4 Å². The van der Waals surface area contributed by atoms with Crippen molar-refractivity contribution in [1.82, 2.24) is 10.3 Å². The van der Waals surface area contributed by atoms with E-state index in [4.69, 9.17) is 0 Å². The standard InChI is InChI=1S/C20H18BrN3O4/c1-28-19(26)11-22-18(25)8-12-2-6-15(7-3-12)23-20(27)17-9-13-4-5-14(21)10-16(13)24-17/h2-7,9-10,24H,8,11H2,1H3,(H,22,25)(H,23,27). The molecule has 0 spiro atoms. The Balaban J connectivity index is 1.59. The average Bonchev–Trinajstić information content (AvgIpc) is 3.11. The summed E-state index contributed by atoms with van der Waals surface area (Å²) < 4.78 is 5.40. The lowest BCUT2D eigenvalue weighted by atomic mass is 10.1. The van der Waals surface area contributed by atoms with E-state index in [1.54, 1.807) is 30.3 Å². The van der Waals surface area contributed by atoms with Crippen LogP contribution >= 0.6 is 15.9 Å². The number of aromatic nitrogens is 1. The van der Waals surface area contributed by atoms with Gasteiger partial charge in [-0.25, -0.2) is 0 Å². The third-order valence-electron chi connectivity index (χ3n) is 4.06. The minimum atomic E-state index is -0.504. The van der Waals surface area contributed by atoms with Gasteiger partial charge in [0, 0.05) is 21.1 Å². The van der Waals surface area contributed by atoms with Crippen molar-refractivity contribution in [3.63, 3.8) is 0 Å². The second-order valence-electron chi connectivity index (χ2n) is 6.10. The summed E-state index contributed by atoms with van der Waals surface area (Å²) in [7, 11) is 1.26. The summed E-state index contributed by atoms with van der Waals surface area (Å²) in [6, 6.07) is 14.5. The number of methoxy groups -OCH3 is 1. The van der Waals surface area contributed by atoms with E-state index in [0.29, 0.717) is 11.4 Å². The van der Waals surface area contributed by atoms with Gasteiger partial charge in [0.15, 0.2) is 0 Å². The van der Waals surface area contributed by atoms with E-state index < -0.39 is 5.97 Å². The summed E-state index contributed by atoms with van der Waals surface area (Å²) in [4.78, 5) is 38.4. The monoisotopic (exact) mass is 443 g/mol. The second kappa shape index (κ2) is 8.71. The Hall–Kier alpha value is -3.13. The van der Waals surface area contributed by atoms with Gasteiger partial charge in [0.05, 0.1) is 13.5 Å². The smallest absolute Gasteiger partial charge is 0.325 e. The Morgan fingerprint density at radius 3 is 2.54 bits per heavy atom. The largest absolute Gasteiger partial charge is 0.468 e. The number of amides is 2. The molecule has 144 valence electrons. The van der Waals surface area contributed by atoms with Crippen LogP contribution in [-0.4, -0.2) is 36.4 Å². The number of esters is 1. The van der Waals surface area contributed by atoms with Crippen LogP contribution in [0, 0.1) is 0 Å². The zero-order chi connectivity index (χ0) is 20.1. The number of ether oxygens (including phenoxy) is 1. The molecule has 2 amide bonds. The number of hydrogen-bond donors (Lipinski definition) is 3. The molecule has 7 nitrogen and oxygen atoms in total. The number of H-pyrrole nitrogens is 1. The number of nitrogens with one attached hydrogen (secondary N) is 3. The molecule has 3 aromatic rings. The third-order valence-corrected chi connectivity index (χ3v) is 4.56. The molecule has 1 aromatic heterocycles. The van der Waals surface area contributed by atoms with Crippen molar-refractivity contribution in [3.8, 4) is 0 Å². The number of halogens is 1. The molecule has 0 aliphatic rings. The lowest BCUT2D eigenvalue weighted by Crippen LogP contribution is -2.31. The lowest BCUT2D eigenvalue weighted by molar-refractivity contribution is -0.141. The van der Waals surface area contributed by atoms with Gasteiger partial charge in [0.2, 0.25) is 5.91 Å². The van der Waals surface area contributed by atoms with E-state index in [1.807, 2.05) is 18.2 Å². The maximum absolute atomic E-state index is 12.4. The first-order chi connectivity index (χ1) is 13.4. The number of benzene rings is 2. The highest BCUT2D eigenvalue weighted by Crippen LogP contribution is 2.21. The summed E-state index contributed by atoms with van der Waals surface area (Å²) >= 11 is 3.40. The van der Waals surface area contributed by atoms with Gasteiger partial charge in [-0.05, 0) is 35.9 Å². The van der Waals surface area contributed by atoms with Crippen LogP contribution in [0.2, 0.25) is 0 Å². The molecule has 0 atom stereocenters. The molecular weight excluding hydrogens is 426 g/mol. The zero-order valence-corrected chi connectivity index (χ0v) is 16.6. The molecule has 1 heterocycles. The van der Waals surface area contributed by atoms with Crippen molar-refractivity contribution >= 4 is 50.3 Å². The molecule has 3 rings (SSSR count). The normalized spacial score (nSPS) is 10.5. The van der Waals surface area contributed by atoms with Crippen LogP contribution in [0.4, 0.5) is 5.69 Å². The molecule has 8 heteroatoms. The summed E-state index contributed by atoms with van der Waals surface area (Å²) in [6.45, 7) is -0.162. The molecule has 0 radical (unpaired) electrons. The first kappa shape index (κ1) is 19.6. The first-order valence-corrected chi connectivity index (χ1v) is 9.26. The fourth-order valence-corrected chi connectivity index (χ4v) is 2.98. The number of fused-ring (bicyclic) bond motifs is 1. The van der Waals surface area contributed by atoms with Gasteiger partial charge in [-0.1, -0.05) is 34.1 Å². The SMILES string of the molecule is COC(=O)CNC(=O)Cc1ccc(NC(=O)c2cc3ccc(Br)cc3[nH]2)cc1. The van der Waals surface area contributed by atoms with Gasteiger partial charge in [-0.15, -0.1) is 0 Å². The highest BCUT2D eigenvalue weighted by Gasteiger charge is 2.11. The number of anilines is 1. The number of carbonyl (C=O) groups is 3. The Morgan fingerprint density at radius 2 is 1.82 bits per heavy atom. The fourth-order valence-electron chi connectivity index (χ4n) is 2.62. The molecule has 0 aliphatic heterocycles. The van der Waals surface area contributed by atoms with Gasteiger partial charge in [-0.3, -0.25) is 14.4 Å². The van der Waals surface area contributed by atoms with Crippen molar-refractivity contribution in [1.29, 1.82) is 0 Å². The van der Waals surface area contributed by atoms with Crippen molar-refractivity contribution in [2.45, 2.75) is 6.42 Å². The summed E-state index contributed by atoms with van der Waals surface area (Å²) in [5.74, 6) is -1.04. The predicted octanol–water partition coefficient (Wildman–Crippen LogP) is 3.01. The zero-order valence-electron chi connectivity index (χ0n) is 15.0. The summed E-state index contributed by atoms with van der Waals surface area (Å²) in [5, 5.41) is 6.24. The van der Waals surface area contributed by atoms with Crippen molar-refractivity contribution in [3.05, 3.63) is 64.3 Å². The first-order valence-electron chi connectivity index (χ1n) is 8.46. The van der Waals surface area contributed by atoms with Gasteiger partial charge in [-0.2, -0.15) is 0 Å². The van der Waals surface area contributed by atoms with Gasteiger partial charge < -0.3 is 20.4 Å². The fraction of sp³-hybridized carbons (Fsp3) is 0.150. The van der Waals surface area contributed by atoms with Crippen LogP contribution in [0.25, 0.3) is 10.9 Å². The van der Waals surface area contributed by atoms with Crippen LogP contribution < -0.4 is 10.6 Å². The maximum atomic E-state index is 12.4. The van der Waals surface area contributed by atoms with E-state index in [0.717, 1.165) is 20.9 Å². The minimum Gasteiger partial charge on any atom is -0.468 e. The summed E-state index contributed by atoms with van der Waals surface area (Å²) in [5.41, 5.74) is 2.70. The van der Waals surface area contributed by atoms with Crippen molar-refractivity contribution in [2.75, 3.05) is 19.0 Å². The third kappa shape index (κ3) is 4.98. The quantitative estimate of drug-likeness (QED) is 0.509. The highest BCUT2D eigenvalue weighted by atomic mass is 79.9. The number of rotatable bonds is 6.